The van der Waals surface area contributed by atoms with Crippen LogP contribution in [-0.4, -0.2) is 40.6 Å². The second-order valence-corrected chi connectivity index (χ2v) is 4.62. The van der Waals surface area contributed by atoms with Crippen LogP contribution >= 0.6 is 0 Å². The number of aliphatic hydroxyl groups excluding tert-OH is 1. The molecule has 0 aliphatic carbocycles. The summed E-state index contributed by atoms with van der Waals surface area (Å²) >= 11 is 0. The monoisotopic (exact) mass is 273 g/mol. The molecular formula is C15H19N3O2. The van der Waals surface area contributed by atoms with Crippen LogP contribution in [0.1, 0.15) is 23.7 Å². The van der Waals surface area contributed by atoms with Crippen LogP contribution in [0.4, 0.5) is 5.82 Å². The number of benzene rings is 1. The Balaban J connectivity index is 2.46. The van der Waals surface area contributed by atoms with Gasteiger partial charge in [-0.25, -0.2) is 4.98 Å². The van der Waals surface area contributed by atoms with Crippen LogP contribution in [-0.2, 0) is 0 Å². The minimum Gasteiger partial charge on any atom is -0.395 e. The minimum atomic E-state index is -0.121. The van der Waals surface area contributed by atoms with Gasteiger partial charge in [-0.1, -0.05) is 31.2 Å². The zero-order chi connectivity index (χ0) is 14.5. The van der Waals surface area contributed by atoms with Gasteiger partial charge in [-0.05, 0) is 11.8 Å². The third-order valence-electron chi connectivity index (χ3n) is 3.21. The normalized spacial score (nSPS) is 10.7. The second kappa shape index (κ2) is 6.34. The van der Waals surface area contributed by atoms with Gasteiger partial charge in [0.2, 0.25) is 0 Å². The van der Waals surface area contributed by atoms with Crippen molar-refractivity contribution in [3.8, 4) is 0 Å². The molecule has 1 aromatic heterocycles. The van der Waals surface area contributed by atoms with Gasteiger partial charge in [-0.3, -0.25) is 4.79 Å². The van der Waals surface area contributed by atoms with E-state index in [4.69, 9.17) is 10.8 Å². The van der Waals surface area contributed by atoms with E-state index in [1.165, 1.54) is 6.20 Å². The Bertz CT molecular complexity index is 607. The summed E-state index contributed by atoms with van der Waals surface area (Å²) in [6, 6.07) is 7.45. The van der Waals surface area contributed by atoms with Crippen molar-refractivity contribution in [3.05, 3.63) is 36.0 Å². The lowest BCUT2D eigenvalue weighted by molar-refractivity contribution is 0.0723. The highest BCUT2D eigenvalue weighted by molar-refractivity contribution is 6.08. The number of amides is 1. The highest BCUT2D eigenvalue weighted by atomic mass is 16.3. The SMILES string of the molecule is CCCN(CCO)C(=O)c1cnc(N)c2ccccc12. The van der Waals surface area contributed by atoms with E-state index in [1.54, 1.807) is 4.90 Å². The minimum absolute atomic E-state index is 0.0495. The van der Waals surface area contributed by atoms with Crippen molar-refractivity contribution in [2.75, 3.05) is 25.4 Å². The summed E-state index contributed by atoms with van der Waals surface area (Å²) in [6.07, 6.45) is 2.35. The van der Waals surface area contributed by atoms with Crippen molar-refractivity contribution in [1.29, 1.82) is 0 Å². The fourth-order valence-electron chi connectivity index (χ4n) is 2.26. The average Bonchev–Trinajstić information content (AvgIpc) is 2.47. The van der Waals surface area contributed by atoms with Gasteiger partial charge in [-0.2, -0.15) is 0 Å². The molecule has 0 aliphatic rings. The van der Waals surface area contributed by atoms with Crippen LogP contribution in [0.15, 0.2) is 30.5 Å². The van der Waals surface area contributed by atoms with Gasteiger partial charge in [0.15, 0.2) is 0 Å². The van der Waals surface area contributed by atoms with Crippen molar-refractivity contribution >= 4 is 22.5 Å². The maximum atomic E-state index is 12.6. The molecule has 1 aromatic carbocycles. The lowest BCUT2D eigenvalue weighted by Gasteiger charge is -2.21. The Morgan fingerprint density at radius 3 is 2.65 bits per heavy atom. The predicted octanol–water partition coefficient (Wildman–Crippen LogP) is 1.66. The van der Waals surface area contributed by atoms with E-state index in [0.717, 1.165) is 17.2 Å². The van der Waals surface area contributed by atoms with E-state index in [0.29, 0.717) is 24.5 Å². The Hall–Kier alpha value is -2.14. The van der Waals surface area contributed by atoms with Gasteiger partial charge in [0.1, 0.15) is 5.82 Å². The quantitative estimate of drug-likeness (QED) is 0.868. The van der Waals surface area contributed by atoms with Crippen LogP contribution < -0.4 is 5.73 Å². The number of aliphatic hydroxyl groups is 1. The van der Waals surface area contributed by atoms with Crippen LogP contribution in [0.5, 0.6) is 0 Å². The topological polar surface area (TPSA) is 79.5 Å². The van der Waals surface area contributed by atoms with Crippen molar-refractivity contribution in [2.24, 2.45) is 0 Å². The predicted molar refractivity (Wildman–Crippen MR) is 79.4 cm³/mol. The number of carbonyl (C=O) groups is 1. The fourth-order valence-corrected chi connectivity index (χ4v) is 2.26. The fraction of sp³-hybridized carbons (Fsp3) is 0.333. The molecule has 5 heteroatoms. The molecule has 3 N–H and O–H groups in total. The molecule has 0 bridgehead atoms. The molecule has 0 radical (unpaired) electrons. The lowest BCUT2D eigenvalue weighted by Crippen LogP contribution is -2.34. The number of nitrogen functional groups attached to an aromatic ring is 1. The van der Waals surface area contributed by atoms with Crippen molar-refractivity contribution in [1.82, 2.24) is 9.88 Å². The summed E-state index contributed by atoms with van der Waals surface area (Å²) in [5.41, 5.74) is 6.37. The smallest absolute Gasteiger partial charge is 0.256 e. The average molecular weight is 273 g/mol. The van der Waals surface area contributed by atoms with Gasteiger partial charge < -0.3 is 15.7 Å². The van der Waals surface area contributed by atoms with Gasteiger partial charge >= 0.3 is 0 Å². The Labute approximate surface area is 118 Å². The molecule has 0 unspecified atom stereocenters. The van der Waals surface area contributed by atoms with E-state index in [-0.39, 0.29) is 12.5 Å². The maximum absolute atomic E-state index is 12.6. The van der Waals surface area contributed by atoms with Crippen LogP contribution in [0.25, 0.3) is 10.8 Å². The summed E-state index contributed by atoms with van der Waals surface area (Å²) in [5, 5.41) is 10.7. The largest absolute Gasteiger partial charge is 0.395 e. The lowest BCUT2D eigenvalue weighted by atomic mass is 10.1. The number of nitrogens with two attached hydrogens (primary N) is 1. The van der Waals surface area contributed by atoms with Crippen molar-refractivity contribution in [3.63, 3.8) is 0 Å². The molecule has 1 heterocycles. The molecule has 5 nitrogen and oxygen atoms in total. The van der Waals surface area contributed by atoms with E-state index in [1.807, 2.05) is 31.2 Å². The molecule has 20 heavy (non-hydrogen) atoms. The van der Waals surface area contributed by atoms with Crippen molar-refractivity contribution in [2.45, 2.75) is 13.3 Å². The standard InChI is InChI=1S/C15H19N3O2/c1-2-7-18(8-9-19)15(20)13-10-17-14(16)12-6-4-3-5-11(12)13/h3-6,10,19H,2,7-9H2,1H3,(H2,16,17). The highest BCUT2D eigenvalue weighted by Gasteiger charge is 2.18. The highest BCUT2D eigenvalue weighted by Crippen LogP contribution is 2.23. The number of rotatable bonds is 5. The summed E-state index contributed by atoms with van der Waals surface area (Å²) in [5.74, 6) is 0.297. The van der Waals surface area contributed by atoms with E-state index < -0.39 is 0 Å². The number of nitrogens with zero attached hydrogens (tertiary/aromatic N) is 2. The molecule has 0 aliphatic heterocycles. The number of aromatic nitrogens is 1. The van der Waals surface area contributed by atoms with Gasteiger partial charge in [-0.15, -0.1) is 0 Å². The summed E-state index contributed by atoms with van der Waals surface area (Å²) in [4.78, 5) is 18.3. The number of hydrogen-bond acceptors (Lipinski definition) is 4. The zero-order valence-corrected chi connectivity index (χ0v) is 11.5. The first-order valence-electron chi connectivity index (χ1n) is 6.72. The van der Waals surface area contributed by atoms with Crippen LogP contribution in [0, 0.1) is 0 Å². The van der Waals surface area contributed by atoms with E-state index in [9.17, 15) is 4.79 Å². The number of pyridine rings is 1. The first kappa shape index (κ1) is 14.3. The first-order valence-corrected chi connectivity index (χ1v) is 6.72. The summed E-state index contributed by atoms with van der Waals surface area (Å²) < 4.78 is 0. The third kappa shape index (κ3) is 2.72. The second-order valence-electron chi connectivity index (χ2n) is 4.62. The number of anilines is 1. The molecule has 0 saturated carbocycles. The molecule has 2 rings (SSSR count). The van der Waals surface area contributed by atoms with Crippen molar-refractivity contribution < 1.29 is 9.90 Å². The van der Waals surface area contributed by atoms with Gasteiger partial charge in [0.05, 0.1) is 12.2 Å². The molecule has 0 spiro atoms. The summed E-state index contributed by atoms with van der Waals surface area (Å²) in [7, 11) is 0. The van der Waals surface area contributed by atoms with E-state index in [2.05, 4.69) is 4.98 Å². The molecular weight excluding hydrogens is 254 g/mol. The molecule has 0 atom stereocenters. The Morgan fingerprint density at radius 2 is 2.00 bits per heavy atom. The molecule has 0 fully saturated rings. The maximum Gasteiger partial charge on any atom is 0.256 e. The zero-order valence-electron chi connectivity index (χ0n) is 11.5. The van der Waals surface area contributed by atoms with Crippen LogP contribution in [0.3, 0.4) is 0 Å². The van der Waals surface area contributed by atoms with Gasteiger partial charge in [0, 0.05) is 24.7 Å². The molecule has 1 amide bonds. The number of carbonyl (C=O) groups excluding carboxylic acids is 1. The number of hydrogen-bond donors (Lipinski definition) is 2. The summed E-state index contributed by atoms with van der Waals surface area (Å²) in [6.45, 7) is 2.88. The number of fused-ring (bicyclic) bond motifs is 1. The molecule has 2 aromatic rings. The van der Waals surface area contributed by atoms with Crippen LogP contribution in [0.2, 0.25) is 0 Å². The molecule has 0 saturated heterocycles. The Morgan fingerprint density at radius 1 is 1.30 bits per heavy atom. The van der Waals surface area contributed by atoms with E-state index >= 15 is 0 Å². The third-order valence-corrected chi connectivity index (χ3v) is 3.21. The Kier molecular flexibility index (Phi) is 4.53. The first-order chi connectivity index (χ1) is 9.69. The van der Waals surface area contributed by atoms with Gasteiger partial charge in [0.25, 0.3) is 5.91 Å². The molecule has 106 valence electrons.